The van der Waals surface area contributed by atoms with Gasteiger partial charge in [0, 0.05) is 19.6 Å². The fourth-order valence-electron chi connectivity index (χ4n) is 1.74. The van der Waals surface area contributed by atoms with Gasteiger partial charge in [-0.1, -0.05) is 6.92 Å². The van der Waals surface area contributed by atoms with E-state index in [0.29, 0.717) is 26.1 Å². The predicted octanol–water partition coefficient (Wildman–Crippen LogP) is -0.290. The van der Waals surface area contributed by atoms with Crippen LogP contribution in [0.3, 0.4) is 0 Å². The molecule has 0 aliphatic carbocycles. The van der Waals surface area contributed by atoms with Crippen LogP contribution < -0.4 is 11.1 Å². The summed E-state index contributed by atoms with van der Waals surface area (Å²) in [6.45, 7) is 5.57. The lowest BCUT2D eigenvalue weighted by Gasteiger charge is -2.31. The van der Waals surface area contributed by atoms with Crippen LogP contribution in [0.1, 0.15) is 26.7 Å². The average Bonchev–Trinajstić information content (AvgIpc) is 2.51. The van der Waals surface area contributed by atoms with Crippen molar-refractivity contribution >= 4 is 11.8 Å². The first-order valence-electron chi connectivity index (χ1n) is 5.79. The summed E-state index contributed by atoms with van der Waals surface area (Å²) in [5, 5.41) is 2.75. The molecule has 5 nitrogen and oxygen atoms in total. The average molecular weight is 227 g/mol. The Morgan fingerprint density at radius 2 is 2.31 bits per heavy atom. The maximum absolute atomic E-state index is 12.2. The molecule has 0 saturated carbocycles. The second-order valence-corrected chi connectivity index (χ2v) is 4.55. The van der Waals surface area contributed by atoms with Gasteiger partial charge in [0.15, 0.2) is 0 Å². The lowest BCUT2D eigenvalue weighted by atomic mass is 9.86. The van der Waals surface area contributed by atoms with Gasteiger partial charge in [0.25, 0.3) is 0 Å². The van der Waals surface area contributed by atoms with Gasteiger partial charge in [0.2, 0.25) is 11.8 Å². The first-order valence-corrected chi connectivity index (χ1v) is 5.79. The fraction of sp³-hybridized carbons (Fsp3) is 0.818. The first-order chi connectivity index (χ1) is 7.53. The molecule has 3 N–H and O–H groups in total. The molecule has 92 valence electrons. The molecule has 0 spiro atoms. The summed E-state index contributed by atoms with van der Waals surface area (Å²) in [4.78, 5) is 25.2. The van der Waals surface area contributed by atoms with E-state index in [1.165, 1.54) is 0 Å². The van der Waals surface area contributed by atoms with E-state index in [1.54, 1.807) is 4.90 Å². The summed E-state index contributed by atoms with van der Waals surface area (Å²) in [5.41, 5.74) is 5.11. The smallest absolute Gasteiger partial charge is 0.239 e. The Morgan fingerprint density at radius 3 is 2.88 bits per heavy atom. The van der Waals surface area contributed by atoms with E-state index in [-0.39, 0.29) is 18.4 Å². The minimum absolute atomic E-state index is 0.00505. The Labute approximate surface area is 96.4 Å². The molecule has 16 heavy (non-hydrogen) atoms. The van der Waals surface area contributed by atoms with Gasteiger partial charge < -0.3 is 16.0 Å². The highest BCUT2D eigenvalue weighted by atomic mass is 16.2. The van der Waals surface area contributed by atoms with E-state index < -0.39 is 5.41 Å². The van der Waals surface area contributed by atoms with Gasteiger partial charge in [-0.05, 0) is 19.8 Å². The van der Waals surface area contributed by atoms with Crippen LogP contribution in [0.5, 0.6) is 0 Å². The normalized spacial score (nSPS) is 20.9. The minimum atomic E-state index is -0.537. The molecule has 0 bridgehead atoms. The van der Waals surface area contributed by atoms with Crippen molar-refractivity contribution in [2.24, 2.45) is 11.1 Å². The van der Waals surface area contributed by atoms with E-state index in [4.69, 9.17) is 5.73 Å². The highest BCUT2D eigenvalue weighted by Crippen LogP contribution is 2.22. The lowest BCUT2D eigenvalue weighted by molar-refractivity contribution is -0.143. The van der Waals surface area contributed by atoms with Gasteiger partial charge in [0.05, 0.1) is 12.0 Å². The number of nitrogens with two attached hydrogens (primary N) is 1. The SMILES string of the molecule is CCC(C)(CN)C(=O)N1CCCNC(=O)C1. The third-order valence-electron chi connectivity index (χ3n) is 3.30. The van der Waals surface area contributed by atoms with Crippen LogP contribution in [0.4, 0.5) is 0 Å². The molecule has 0 radical (unpaired) electrons. The number of nitrogens with zero attached hydrogens (tertiary/aromatic N) is 1. The van der Waals surface area contributed by atoms with Crippen LogP contribution in [0.15, 0.2) is 0 Å². The molecule has 0 aromatic rings. The van der Waals surface area contributed by atoms with E-state index >= 15 is 0 Å². The number of carbonyl (C=O) groups excluding carboxylic acids is 2. The van der Waals surface area contributed by atoms with Gasteiger partial charge in [-0.2, -0.15) is 0 Å². The van der Waals surface area contributed by atoms with E-state index in [1.807, 2.05) is 13.8 Å². The highest BCUT2D eigenvalue weighted by molar-refractivity contribution is 5.88. The van der Waals surface area contributed by atoms with Gasteiger partial charge >= 0.3 is 0 Å². The summed E-state index contributed by atoms with van der Waals surface area (Å²) < 4.78 is 0. The number of rotatable bonds is 3. The van der Waals surface area contributed by atoms with Crippen LogP contribution in [0.2, 0.25) is 0 Å². The second-order valence-electron chi connectivity index (χ2n) is 4.55. The van der Waals surface area contributed by atoms with Crippen LogP contribution in [0, 0.1) is 5.41 Å². The Hall–Kier alpha value is -1.10. The molecule has 0 aromatic carbocycles. The van der Waals surface area contributed by atoms with Crippen molar-refractivity contribution in [3.63, 3.8) is 0 Å². The Kier molecular flexibility index (Phi) is 4.29. The third kappa shape index (κ3) is 2.72. The predicted molar refractivity (Wildman–Crippen MR) is 61.7 cm³/mol. The van der Waals surface area contributed by atoms with Gasteiger partial charge in [-0.25, -0.2) is 0 Å². The molecule has 1 aliphatic heterocycles. The van der Waals surface area contributed by atoms with Crippen LogP contribution in [-0.2, 0) is 9.59 Å². The van der Waals surface area contributed by atoms with Crippen molar-refractivity contribution in [1.29, 1.82) is 0 Å². The Bertz CT molecular complexity index is 274. The number of amides is 2. The zero-order valence-electron chi connectivity index (χ0n) is 10.1. The third-order valence-corrected chi connectivity index (χ3v) is 3.30. The Morgan fingerprint density at radius 1 is 1.62 bits per heavy atom. The fourth-order valence-corrected chi connectivity index (χ4v) is 1.74. The summed E-state index contributed by atoms with van der Waals surface area (Å²) in [6.07, 6.45) is 1.50. The number of nitrogens with one attached hydrogen (secondary N) is 1. The second kappa shape index (κ2) is 5.30. The molecule has 1 unspecified atom stereocenters. The summed E-state index contributed by atoms with van der Waals surface area (Å²) in [6, 6.07) is 0. The van der Waals surface area contributed by atoms with Crippen molar-refractivity contribution in [2.45, 2.75) is 26.7 Å². The maximum Gasteiger partial charge on any atom is 0.239 e. The molecular weight excluding hydrogens is 206 g/mol. The van der Waals surface area contributed by atoms with Crippen molar-refractivity contribution in [3.8, 4) is 0 Å². The van der Waals surface area contributed by atoms with Crippen molar-refractivity contribution in [1.82, 2.24) is 10.2 Å². The van der Waals surface area contributed by atoms with Crippen molar-refractivity contribution in [2.75, 3.05) is 26.2 Å². The summed E-state index contributed by atoms with van der Waals surface area (Å²) in [7, 11) is 0. The highest BCUT2D eigenvalue weighted by Gasteiger charge is 2.34. The molecule has 1 saturated heterocycles. The van der Waals surface area contributed by atoms with Crippen LogP contribution in [0.25, 0.3) is 0 Å². The monoisotopic (exact) mass is 227 g/mol. The van der Waals surface area contributed by atoms with Gasteiger partial charge in [-0.15, -0.1) is 0 Å². The summed E-state index contributed by atoms with van der Waals surface area (Å²) >= 11 is 0. The minimum Gasteiger partial charge on any atom is -0.354 e. The molecule has 2 amide bonds. The van der Waals surface area contributed by atoms with E-state index in [0.717, 1.165) is 6.42 Å². The lowest BCUT2D eigenvalue weighted by Crippen LogP contribution is -2.48. The quantitative estimate of drug-likeness (QED) is 0.695. The zero-order valence-corrected chi connectivity index (χ0v) is 10.1. The Balaban J connectivity index is 2.74. The van der Waals surface area contributed by atoms with Gasteiger partial charge in [0.1, 0.15) is 0 Å². The summed E-state index contributed by atoms with van der Waals surface area (Å²) in [5.74, 6) is -0.0872. The number of carbonyl (C=O) groups is 2. The van der Waals surface area contributed by atoms with Crippen molar-refractivity contribution < 1.29 is 9.59 Å². The molecule has 5 heteroatoms. The zero-order chi connectivity index (χ0) is 12.2. The largest absolute Gasteiger partial charge is 0.354 e. The van der Waals surface area contributed by atoms with Crippen molar-refractivity contribution in [3.05, 3.63) is 0 Å². The van der Waals surface area contributed by atoms with E-state index in [9.17, 15) is 9.59 Å². The number of hydrogen-bond donors (Lipinski definition) is 2. The van der Waals surface area contributed by atoms with E-state index in [2.05, 4.69) is 5.32 Å². The molecule has 1 atom stereocenters. The molecule has 1 aliphatic rings. The number of hydrogen-bond acceptors (Lipinski definition) is 3. The molecule has 1 rings (SSSR count). The molecule has 0 aromatic heterocycles. The first kappa shape index (κ1) is 13.0. The van der Waals surface area contributed by atoms with Crippen LogP contribution >= 0.6 is 0 Å². The molecule has 1 fully saturated rings. The molecule has 1 heterocycles. The topological polar surface area (TPSA) is 75.4 Å². The van der Waals surface area contributed by atoms with Gasteiger partial charge in [-0.3, -0.25) is 9.59 Å². The maximum atomic E-state index is 12.2. The molecular formula is C11H21N3O2. The van der Waals surface area contributed by atoms with Crippen LogP contribution in [-0.4, -0.2) is 42.9 Å². The standard InChI is InChI=1S/C11H21N3O2/c1-3-11(2,8-12)10(16)14-6-4-5-13-9(15)7-14/h3-8,12H2,1-2H3,(H,13,15).